The molecule has 0 bridgehead atoms. The highest BCUT2D eigenvalue weighted by atomic mass is 16.7. The van der Waals surface area contributed by atoms with Crippen LogP contribution in [0.5, 0.6) is 0 Å². The van der Waals surface area contributed by atoms with Crippen molar-refractivity contribution in [2.75, 3.05) is 19.8 Å². The zero-order valence-electron chi connectivity index (χ0n) is 34.7. The van der Waals surface area contributed by atoms with E-state index in [1.165, 1.54) is 96.3 Å². The molecule has 55 heavy (non-hydrogen) atoms. The molecule has 10 heteroatoms. The van der Waals surface area contributed by atoms with Gasteiger partial charge in [-0.3, -0.25) is 9.59 Å². The first-order chi connectivity index (χ1) is 26.8. The van der Waals surface area contributed by atoms with Gasteiger partial charge < -0.3 is 39.4 Å². The van der Waals surface area contributed by atoms with Gasteiger partial charge in [-0.15, -0.1) is 0 Å². The molecule has 4 N–H and O–H groups in total. The summed E-state index contributed by atoms with van der Waals surface area (Å²) in [4.78, 5) is 25.2. The maximum Gasteiger partial charge on any atom is 0.306 e. The number of allylic oxidation sites excluding steroid dienone is 6. The van der Waals surface area contributed by atoms with Crippen LogP contribution in [-0.2, 0) is 28.5 Å². The molecular formula is C45H80O10. The molecule has 1 rings (SSSR count). The van der Waals surface area contributed by atoms with Crippen LogP contribution >= 0.6 is 0 Å². The summed E-state index contributed by atoms with van der Waals surface area (Å²) in [7, 11) is 0. The summed E-state index contributed by atoms with van der Waals surface area (Å²) < 4.78 is 22.1. The predicted octanol–water partition coefficient (Wildman–Crippen LogP) is 9.11. The molecule has 0 spiro atoms. The molecule has 10 nitrogen and oxygen atoms in total. The Kier molecular flexibility index (Phi) is 33.6. The number of aliphatic hydroxyl groups is 4. The third-order valence-electron chi connectivity index (χ3n) is 10.00. The molecule has 1 aliphatic rings. The molecule has 0 radical (unpaired) electrons. The van der Waals surface area contributed by atoms with Gasteiger partial charge in [0.2, 0.25) is 0 Å². The second-order valence-corrected chi connectivity index (χ2v) is 15.1. The zero-order valence-corrected chi connectivity index (χ0v) is 34.7. The number of carbonyl (C=O) groups is 2. The second kappa shape index (κ2) is 36.3. The van der Waals surface area contributed by atoms with E-state index in [2.05, 4.69) is 50.3 Å². The van der Waals surface area contributed by atoms with Gasteiger partial charge in [-0.05, 0) is 64.2 Å². The molecular weight excluding hydrogens is 700 g/mol. The Morgan fingerprint density at radius 2 is 1.04 bits per heavy atom. The molecule has 0 aromatic carbocycles. The molecule has 1 fully saturated rings. The van der Waals surface area contributed by atoms with E-state index in [1.807, 2.05) is 0 Å². The normalized spacial score (nSPS) is 20.9. The number of esters is 2. The molecule has 1 heterocycles. The largest absolute Gasteiger partial charge is 0.462 e. The Morgan fingerprint density at radius 1 is 0.564 bits per heavy atom. The quantitative estimate of drug-likeness (QED) is 0.0275. The minimum Gasteiger partial charge on any atom is -0.462 e. The molecule has 0 aliphatic carbocycles. The smallest absolute Gasteiger partial charge is 0.306 e. The van der Waals surface area contributed by atoms with Gasteiger partial charge in [0.05, 0.1) is 13.2 Å². The van der Waals surface area contributed by atoms with Crippen molar-refractivity contribution in [3.8, 4) is 0 Å². The summed E-state index contributed by atoms with van der Waals surface area (Å²) in [5.41, 5.74) is 0. The Labute approximate surface area is 334 Å². The molecule has 0 amide bonds. The first-order valence-electron chi connectivity index (χ1n) is 22.1. The lowest BCUT2D eigenvalue weighted by Crippen LogP contribution is -2.59. The first-order valence-corrected chi connectivity index (χ1v) is 22.1. The number of hydrogen-bond donors (Lipinski definition) is 4. The van der Waals surface area contributed by atoms with E-state index in [-0.39, 0.29) is 26.1 Å². The first kappa shape index (κ1) is 50.9. The molecule has 0 aromatic heterocycles. The molecule has 6 atom stereocenters. The third-order valence-corrected chi connectivity index (χ3v) is 10.00. The van der Waals surface area contributed by atoms with Crippen LogP contribution in [0.2, 0.25) is 0 Å². The topological polar surface area (TPSA) is 152 Å². The van der Waals surface area contributed by atoms with Crippen molar-refractivity contribution in [2.45, 2.75) is 218 Å². The summed E-state index contributed by atoms with van der Waals surface area (Å²) in [5, 5.41) is 40.0. The van der Waals surface area contributed by atoms with Crippen LogP contribution < -0.4 is 0 Å². The monoisotopic (exact) mass is 781 g/mol. The summed E-state index contributed by atoms with van der Waals surface area (Å²) in [5.74, 6) is -0.878. The zero-order chi connectivity index (χ0) is 40.2. The Hall–Kier alpha value is -2.08. The van der Waals surface area contributed by atoms with Gasteiger partial charge in [-0.1, -0.05) is 140 Å². The lowest BCUT2D eigenvalue weighted by molar-refractivity contribution is -0.305. The molecule has 1 saturated heterocycles. The van der Waals surface area contributed by atoms with Gasteiger partial charge in [0, 0.05) is 12.8 Å². The van der Waals surface area contributed by atoms with Gasteiger partial charge >= 0.3 is 11.9 Å². The average Bonchev–Trinajstić information content (AvgIpc) is 3.18. The van der Waals surface area contributed by atoms with Crippen LogP contribution in [0.3, 0.4) is 0 Å². The highest BCUT2D eigenvalue weighted by Crippen LogP contribution is 2.22. The van der Waals surface area contributed by atoms with Crippen LogP contribution in [0.1, 0.15) is 181 Å². The maximum absolute atomic E-state index is 12.7. The fourth-order valence-corrected chi connectivity index (χ4v) is 6.46. The van der Waals surface area contributed by atoms with E-state index >= 15 is 0 Å². The van der Waals surface area contributed by atoms with Crippen LogP contribution in [0.25, 0.3) is 0 Å². The number of aliphatic hydroxyl groups excluding tert-OH is 4. The molecule has 320 valence electrons. The van der Waals surface area contributed by atoms with Crippen LogP contribution in [-0.4, -0.2) is 89.0 Å². The Balaban J connectivity index is 2.38. The summed E-state index contributed by atoms with van der Waals surface area (Å²) >= 11 is 0. The fourth-order valence-electron chi connectivity index (χ4n) is 6.46. The molecule has 0 aromatic rings. The Morgan fingerprint density at radius 3 is 1.58 bits per heavy atom. The highest BCUT2D eigenvalue weighted by Gasteiger charge is 2.44. The van der Waals surface area contributed by atoms with E-state index in [4.69, 9.17) is 18.9 Å². The van der Waals surface area contributed by atoms with Gasteiger partial charge in [0.15, 0.2) is 12.4 Å². The molecule has 0 saturated carbocycles. The summed E-state index contributed by atoms with van der Waals surface area (Å²) in [6, 6.07) is 0. The van der Waals surface area contributed by atoms with Crippen molar-refractivity contribution >= 4 is 11.9 Å². The standard InChI is InChI=1S/C45H80O10/c1-3-5-7-9-11-13-15-17-18-19-20-22-24-26-28-30-32-34-41(48)54-38(37-53-45-44(51)43(50)42(49)39(35-46)55-45)36-52-40(47)33-31-29-27-25-23-21-16-14-12-10-8-6-4-2/h20-23,26,28,38-39,42-46,49-51H,3-19,24-25,27,29-37H2,1-2H3/b22-20+,23-21+,28-26+/t38-,39-,42+,43?,44?,45-/m1/s1. The van der Waals surface area contributed by atoms with Gasteiger partial charge in [-0.25, -0.2) is 0 Å². The number of unbranched alkanes of at least 4 members (excludes halogenated alkanes) is 19. The minimum absolute atomic E-state index is 0.163. The fraction of sp³-hybridized carbons (Fsp3) is 0.822. The van der Waals surface area contributed by atoms with Crippen molar-refractivity contribution in [2.24, 2.45) is 0 Å². The van der Waals surface area contributed by atoms with Crippen molar-refractivity contribution in [3.05, 3.63) is 36.5 Å². The van der Waals surface area contributed by atoms with Gasteiger partial charge in [0.25, 0.3) is 0 Å². The van der Waals surface area contributed by atoms with Crippen LogP contribution in [0, 0.1) is 0 Å². The number of rotatable bonds is 36. The second-order valence-electron chi connectivity index (χ2n) is 15.1. The maximum atomic E-state index is 12.7. The average molecular weight is 781 g/mol. The van der Waals surface area contributed by atoms with Crippen molar-refractivity contribution in [3.63, 3.8) is 0 Å². The van der Waals surface area contributed by atoms with Crippen LogP contribution in [0.4, 0.5) is 0 Å². The van der Waals surface area contributed by atoms with E-state index in [0.29, 0.717) is 12.8 Å². The third kappa shape index (κ3) is 28.0. The van der Waals surface area contributed by atoms with Crippen molar-refractivity contribution in [1.29, 1.82) is 0 Å². The lowest BCUT2D eigenvalue weighted by Gasteiger charge is -2.39. The van der Waals surface area contributed by atoms with E-state index in [9.17, 15) is 30.0 Å². The predicted molar refractivity (Wildman–Crippen MR) is 219 cm³/mol. The SMILES string of the molecule is CCCCCCCC/C=C/CCCCCC(=O)OC[C@H](CO[C@@H]1O[C@H](CO)[C@H](O)C(O)C1O)OC(=O)CCC/C=C/C/C=C/CCCCCCCCCCC. The lowest BCUT2D eigenvalue weighted by atomic mass is 9.99. The minimum atomic E-state index is -1.60. The molecule has 1 aliphatic heterocycles. The Bertz CT molecular complexity index is 996. The van der Waals surface area contributed by atoms with E-state index in [1.54, 1.807) is 0 Å². The summed E-state index contributed by atoms with van der Waals surface area (Å²) in [6.07, 6.45) is 33.0. The van der Waals surface area contributed by atoms with Crippen molar-refractivity contribution in [1.82, 2.24) is 0 Å². The number of carbonyl (C=O) groups excluding carboxylic acids is 2. The van der Waals surface area contributed by atoms with E-state index in [0.717, 1.165) is 44.9 Å². The van der Waals surface area contributed by atoms with Gasteiger partial charge in [-0.2, -0.15) is 0 Å². The van der Waals surface area contributed by atoms with Crippen LogP contribution in [0.15, 0.2) is 36.5 Å². The number of hydrogen-bond acceptors (Lipinski definition) is 10. The summed E-state index contributed by atoms with van der Waals surface area (Å²) in [6.45, 7) is 3.35. The van der Waals surface area contributed by atoms with E-state index < -0.39 is 55.4 Å². The van der Waals surface area contributed by atoms with Crippen molar-refractivity contribution < 1.29 is 49.0 Å². The highest BCUT2D eigenvalue weighted by molar-refractivity contribution is 5.70. The number of ether oxygens (including phenoxy) is 4. The molecule has 2 unspecified atom stereocenters. The van der Waals surface area contributed by atoms with Gasteiger partial charge in [0.1, 0.15) is 31.0 Å².